The lowest BCUT2D eigenvalue weighted by molar-refractivity contribution is 0.413. The zero-order valence-electron chi connectivity index (χ0n) is 9.34. The van der Waals surface area contributed by atoms with Gasteiger partial charge >= 0.3 is 0 Å². The van der Waals surface area contributed by atoms with E-state index in [1.165, 1.54) is 0 Å². The molecule has 0 saturated heterocycles. The number of rotatable bonds is 4. The van der Waals surface area contributed by atoms with E-state index in [1.54, 1.807) is 18.0 Å². The number of hydrogen-bond donors (Lipinski definition) is 1. The summed E-state index contributed by atoms with van der Waals surface area (Å²) in [4.78, 5) is 4.20. The van der Waals surface area contributed by atoms with Gasteiger partial charge in [-0.1, -0.05) is 0 Å². The number of hydrogen-bond acceptors (Lipinski definition) is 4. The van der Waals surface area contributed by atoms with Crippen LogP contribution in [0.5, 0.6) is 5.75 Å². The lowest BCUT2D eigenvalue weighted by Crippen LogP contribution is -2.02. The third-order valence-corrected chi connectivity index (χ3v) is 2.19. The van der Waals surface area contributed by atoms with E-state index in [2.05, 4.69) is 15.4 Å². The second kappa shape index (κ2) is 4.65. The Kier molecular flexibility index (Phi) is 3.05. The monoisotopic (exact) mass is 218 g/mol. The summed E-state index contributed by atoms with van der Waals surface area (Å²) in [5.41, 5.74) is 0.986. The van der Waals surface area contributed by atoms with Crippen LogP contribution in [0.3, 0.4) is 0 Å². The highest BCUT2D eigenvalue weighted by atomic mass is 16.5. The van der Waals surface area contributed by atoms with Crippen molar-refractivity contribution >= 4 is 5.82 Å². The number of methoxy groups -OCH3 is 1. The highest BCUT2D eigenvalue weighted by Gasteiger charge is 1.98. The highest BCUT2D eigenvalue weighted by Crippen LogP contribution is 2.11. The van der Waals surface area contributed by atoms with Gasteiger partial charge in [-0.05, 0) is 18.2 Å². The molecule has 5 heteroatoms. The van der Waals surface area contributed by atoms with Crippen LogP contribution in [0.25, 0.3) is 0 Å². The van der Waals surface area contributed by atoms with E-state index in [1.807, 2.05) is 31.4 Å². The number of anilines is 1. The van der Waals surface area contributed by atoms with E-state index in [0.717, 1.165) is 17.3 Å². The van der Waals surface area contributed by atoms with Crippen LogP contribution in [0.15, 0.2) is 30.6 Å². The van der Waals surface area contributed by atoms with Gasteiger partial charge in [-0.3, -0.25) is 4.68 Å². The number of aromatic nitrogens is 3. The molecule has 16 heavy (non-hydrogen) atoms. The summed E-state index contributed by atoms with van der Waals surface area (Å²) < 4.78 is 6.81. The van der Waals surface area contributed by atoms with Crippen LogP contribution < -0.4 is 10.1 Å². The van der Waals surface area contributed by atoms with Crippen molar-refractivity contribution in [3.63, 3.8) is 0 Å². The van der Waals surface area contributed by atoms with Gasteiger partial charge in [-0.2, -0.15) is 5.10 Å². The molecular weight excluding hydrogens is 204 g/mol. The number of pyridine rings is 1. The fourth-order valence-corrected chi connectivity index (χ4v) is 1.34. The molecule has 0 aliphatic heterocycles. The molecule has 0 fully saturated rings. The SMILES string of the molecule is COc1ccc(NCc2ccn(C)n2)nc1. The van der Waals surface area contributed by atoms with Gasteiger partial charge in [0.2, 0.25) is 0 Å². The standard InChI is InChI=1S/C11H14N4O/c1-15-6-5-9(14-15)7-12-11-4-3-10(16-2)8-13-11/h3-6,8H,7H2,1-2H3,(H,12,13). The minimum Gasteiger partial charge on any atom is -0.495 e. The van der Waals surface area contributed by atoms with E-state index in [-0.39, 0.29) is 0 Å². The minimum absolute atomic E-state index is 0.667. The zero-order valence-corrected chi connectivity index (χ0v) is 9.34. The van der Waals surface area contributed by atoms with Crippen molar-refractivity contribution in [3.8, 4) is 5.75 Å². The maximum Gasteiger partial charge on any atom is 0.137 e. The van der Waals surface area contributed by atoms with Crippen molar-refractivity contribution in [1.29, 1.82) is 0 Å². The Morgan fingerprint density at radius 3 is 2.81 bits per heavy atom. The van der Waals surface area contributed by atoms with Crippen LogP contribution in [0.2, 0.25) is 0 Å². The van der Waals surface area contributed by atoms with E-state index in [0.29, 0.717) is 6.54 Å². The van der Waals surface area contributed by atoms with Crippen molar-refractivity contribution in [2.45, 2.75) is 6.54 Å². The molecule has 5 nitrogen and oxygen atoms in total. The fourth-order valence-electron chi connectivity index (χ4n) is 1.34. The van der Waals surface area contributed by atoms with Crippen LogP contribution in [0.1, 0.15) is 5.69 Å². The van der Waals surface area contributed by atoms with Crippen LogP contribution in [0.4, 0.5) is 5.82 Å². The molecule has 0 saturated carbocycles. The average Bonchev–Trinajstić information content (AvgIpc) is 2.73. The molecule has 2 heterocycles. The first-order valence-corrected chi connectivity index (χ1v) is 5.00. The predicted molar refractivity (Wildman–Crippen MR) is 61.3 cm³/mol. The Hall–Kier alpha value is -2.04. The molecule has 0 aliphatic carbocycles. The molecule has 1 N–H and O–H groups in total. The van der Waals surface area contributed by atoms with Gasteiger partial charge in [-0.25, -0.2) is 4.98 Å². The molecule has 0 bridgehead atoms. The summed E-state index contributed by atoms with van der Waals surface area (Å²) in [6.45, 7) is 0.667. The quantitative estimate of drug-likeness (QED) is 0.843. The van der Waals surface area contributed by atoms with Gasteiger partial charge in [0.25, 0.3) is 0 Å². The number of ether oxygens (including phenoxy) is 1. The van der Waals surface area contributed by atoms with Crippen molar-refractivity contribution in [2.24, 2.45) is 7.05 Å². The van der Waals surface area contributed by atoms with Gasteiger partial charge in [-0.15, -0.1) is 0 Å². The van der Waals surface area contributed by atoms with E-state index >= 15 is 0 Å². The topological polar surface area (TPSA) is 52.0 Å². The Balaban J connectivity index is 1.94. The third-order valence-electron chi connectivity index (χ3n) is 2.19. The first-order chi connectivity index (χ1) is 7.78. The predicted octanol–water partition coefficient (Wildman–Crippen LogP) is 1.44. The van der Waals surface area contributed by atoms with Crippen molar-refractivity contribution < 1.29 is 4.74 Å². The van der Waals surface area contributed by atoms with Gasteiger partial charge in [0.05, 0.1) is 25.5 Å². The smallest absolute Gasteiger partial charge is 0.137 e. The number of nitrogens with zero attached hydrogens (tertiary/aromatic N) is 3. The van der Waals surface area contributed by atoms with Crippen LogP contribution in [-0.4, -0.2) is 21.9 Å². The highest BCUT2D eigenvalue weighted by molar-refractivity contribution is 5.37. The first-order valence-electron chi connectivity index (χ1n) is 5.00. The Labute approximate surface area is 94.1 Å². The molecule has 0 unspecified atom stereocenters. The summed E-state index contributed by atoms with van der Waals surface area (Å²) in [7, 11) is 3.52. The second-order valence-corrected chi connectivity index (χ2v) is 3.42. The molecule has 2 aromatic heterocycles. The lowest BCUT2D eigenvalue weighted by Gasteiger charge is -2.04. The maximum absolute atomic E-state index is 5.03. The van der Waals surface area contributed by atoms with Crippen molar-refractivity contribution in [2.75, 3.05) is 12.4 Å². The molecular formula is C11H14N4O. The summed E-state index contributed by atoms with van der Waals surface area (Å²) in [6, 6.07) is 5.71. The summed E-state index contributed by atoms with van der Waals surface area (Å²) >= 11 is 0. The molecule has 0 aliphatic rings. The largest absolute Gasteiger partial charge is 0.495 e. The van der Waals surface area contributed by atoms with Crippen LogP contribution >= 0.6 is 0 Å². The molecule has 0 atom stereocenters. The first kappa shape index (κ1) is 10.5. The molecule has 84 valence electrons. The van der Waals surface area contributed by atoms with Crippen molar-refractivity contribution in [1.82, 2.24) is 14.8 Å². The normalized spacial score (nSPS) is 10.1. The second-order valence-electron chi connectivity index (χ2n) is 3.42. The van der Waals surface area contributed by atoms with Crippen LogP contribution in [0, 0.1) is 0 Å². The van der Waals surface area contributed by atoms with Gasteiger partial charge in [0, 0.05) is 13.2 Å². The molecule has 0 radical (unpaired) electrons. The van der Waals surface area contributed by atoms with Gasteiger partial charge in [0.1, 0.15) is 11.6 Å². The molecule has 0 spiro atoms. The lowest BCUT2D eigenvalue weighted by atomic mass is 10.4. The number of aryl methyl sites for hydroxylation is 1. The maximum atomic E-state index is 5.03. The molecule has 0 aromatic carbocycles. The van der Waals surface area contributed by atoms with Crippen LogP contribution in [-0.2, 0) is 13.6 Å². The zero-order chi connectivity index (χ0) is 11.4. The van der Waals surface area contributed by atoms with Crippen molar-refractivity contribution in [3.05, 3.63) is 36.3 Å². The summed E-state index contributed by atoms with van der Waals surface area (Å²) in [5, 5.41) is 7.44. The average molecular weight is 218 g/mol. The fraction of sp³-hybridized carbons (Fsp3) is 0.273. The Bertz CT molecular complexity index is 449. The van der Waals surface area contributed by atoms with Gasteiger partial charge in [0.15, 0.2) is 0 Å². The Morgan fingerprint density at radius 1 is 1.38 bits per heavy atom. The van der Waals surface area contributed by atoms with E-state index in [9.17, 15) is 0 Å². The van der Waals surface area contributed by atoms with Gasteiger partial charge < -0.3 is 10.1 Å². The summed E-state index contributed by atoms with van der Waals surface area (Å²) in [5.74, 6) is 1.56. The Morgan fingerprint density at radius 2 is 2.25 bits per heavy atom. The number of nitrogens with one attached hydrogen (secondary N) is 1. The summed E-state index contributed by atoms with van der Waals surface area (Å²) in [6.07, 6.45) is 3.60. The molecule has 0 amide bonds. The minimum atomic E-state index is 0.667. The third kappa shape index (κ3) is 2.50. The van der Waals surface area contributed by atoms with E-state index in [4.69, 9.17) is 4.74 Å². The van der Waals surface area contributed by atoms with E-state index < -0.39 is 0 Å². The molecule has 2 aromatic rings. The molecule has 2 rings (SSSR count).